The zero-order chi connectivity index (χ0) is 12.2. The van der Waals surface area contributed by atoms with Gasteiger partial charge in [-0.1, -0.05) is 5.16 Å². The Morgan fingerprint density at radius 2 is 2.12 bits per heavy atom. The summed E-state index contributed by atoms with van der Waals surface area (Å²) in [7, 11) is 0. The molecule has 0 amide bonds. The number of rotatable bonds is 6. The van der Waals surface area contributed by atoms with Gasteiger partial charge in [-0.15, -0.1) is 0 Å². The predicted molar refractivity (Wildman–Crippen MR) is 65.5 cm³/mol. The third-order valence-electron chi connectivity index (χ3n) is 2.51. The maximum Gasteiger partial charge on any atom is 0.144 e. The van der Waals surface area contributed by atoms with Crippen LogP contribution in [0, 0.1) is 5.92 Å². The van der Waals surface area contributed by atoms with Gasteiger partial charge in [-0.25, -0.2) is 0 Å². The van der Waals surface area contributed by atoms with Crippen molar-refractivity contribution in [1.29, 1.82) is 0 Å². The lowest BCUT2D eigenvalue weighted by atomic mass is 10.1. The fourth-order valence-corrected chi connectivity index (χ4v) is 1.28. The molecule has 1 saturated carbocycles. The van der Waals surface area contributed by atoms with Gasteiger partial charge >= 0.3 is 0 Å². The maximum atomic E-state index is 9.62. The highest BCUT2D eigenvalue weighted by Gasteiger charge is 2.24. The zero-order valence-electron chi connectivity index (χ0n) is 10.8. The summed E-state index contributed by atoms with van der Waals surface area (Å²) in [6.07, 6.45) is 1.95. The molecule has 0 saturated heterocycles. The van der Waals surface area contributed by atoms with Crippen LogP contribution in [0.5, 0.6) is 0 Å². The molecule has 0 radical (unpaired) electrons. The molecule has 94 valence electrons. The first kappa shape index (κ1) is 13.5. The van der Waals surface area contributed by atoms with Gasteiger partial charge in [-0.3, -0.25) is 0 Å². The molecule has 4 nitrogen and oxygen atoms in total. The van der Waals surface area contributed by atoms with E-state index in [2.05, 4.69) is 31.2 Å². The number of hydrogen-bond donors (Lipinski definition) is 2. The number of oxime groups is 1. The summed E-state index contributed by atoms with van der Waals surface area (Å²) in [5.41, 5.74) is 1.07. The molecule has 4 heteroatoms. The average molecular weight is 228 g/mol. The molecule has 0 aromatic rings. The van der Waals surface area contributed by atoms with Crippen LogP contribution in [0.4, 0.5) is 0 Å². The second kappa shape index (κ2) is 5.64. The Morgan fingerprint density at radius 3 is 2.62 bits per heavy atom. The number of β-amino-alcohol motifs (C(OH)–C–C–N with tert-alkyl or cyclic N) is 1. The Hall–Kier alpha value is -0.610. The molecule has 2 N–H and O–H groups in total. The highest BCUT2D eigenvalue weighted by molar-refractivity contribution is 5.85. The van der Waals surface area contributed by atoms with Crippen molar-refractivity contribution in [3.63, 3.8) is 0 Å². The third kappa shape index (κ3) is 6.08. The standard InChI is InChI=1S/C12H24N2O2/c1-9(10-5-6-10)14-16-8-11(15)7-13-12(2,3)4/h10-11,13,15H,5-8H2,1-4H3/b14-9+/t11-/m1/s1. The summed E-state index contributed by atoms with van der Waals surface area (Å²) in [5.74, 6) is 0.629. The molecule has 0 heterocycles. The van der Waals surface area contributed by atoms with E-state index in [1.807, 2.05) is 6.92 Å². The topological polar surface area (TPSA) is 53.9 Å². The Morgan fingerprint density at radius 1 is 1.50 bits per heavy atom. The van der Waals surface area contributed by atoms with E-state index in [9.17, 15) is 5.11 Å². The summed E-state index contributed by atoms with van der Waals surface area (Å²) in [5, 5.41) is 16.8. The van der Waals surface area contributed by atoms with Crippen LogP contribution >= 0.6 is 0 Å². The van der Waals surface area contributed by atoms with Crippen molar-refractivity contribution in [2.75, 3.05) is 13.2 Å². The molecule has 0 aromatic carbocycles. The summed E-state index contributed by atoms with van der Waals surface area (Å²) in [4.78, 5) is 5.12. The van der Waals surface area contributed by atoms with Crippen molar-refractivity contribution in [2.24, 2.45) is 11.1 Å². The van der Waals surface area contributed by atoms with Crippen LogP contribution in [0.25, 0.3) is 0 Å². The SMILES string of the molecule is C/C(=N\OC[C@H](O)CNC(C)(C)C)C1CC1. The second-order valence-electron chi connectivity index (χ2n) is 5.59. The number of aliphatic hydroxyl groups is 1. The van der Waals surface area contributed by atoms with E-state index in [4.69, 9.17) is 4.84 Å². The smallest absolute Gasteiger partial charge is 0.144 e. The zero-order valence-corrected chi connectivity index (χ0v) is 10.8. The van der Waals surface area contributed by atoms with Gasteiger partial charge in [-0.05, 0) is 40.5 Å². The minimum atomic E-state index is -0.505. The molecule has 0 aliphatic heterocycles. The van der Waals surface area contributed by atoms with E-state index in [-0.39, 0.29) is 12.1 Å². The van der Waals surface area contributed by atoms with Crippen LogP contribution in [-0.4, -0.2) is 35.6 Å². The van der Waals surface area contributed by atoms with Crippen molar-refractivity contribution in [1.82, 2.24) is 5.32 Å². The lowest BCUT2D eigenvalue weighted by molar-refractivity contribution is 0.0368. The number of nitrogens with one attached hydrogen (secondary N) is 1. The van der Waals surface area contributed by atoms with E-state index in [0.717, 1.165) is 5.71 Å². The summed E-state index contributed by atoms with van der Waals surface area (Å²) in [6.45, 7) is 8.97. The van der Waals surface area contributed by atoms with E-state index in [1.54, 1.807) is 0 Å². The molecule has 0 aromatic heterocycles. The number of aliphatic hydroxyl groups excluding tert-OH is 1. The first-order chi connectivity index (χ1) is 7.38. The molecule has 1 fully saturated rings. The monoisotopic (exact) mass is 228 g/mol. The van der Waals surface area contributed by atoms with Crippen molar-refractivity contribution in [3.8, 4) is 0 Å². The van der Waals surface area contributed by atoms with Crippen LogP contribution in [0.15, 0.2) is 5.16 Å². The van der Waals surface area contributed by atoms with Gasteiger partial charge in [-0.2, -0.15) is 0 Å². The fraction of sp³-hybridized carbons (Fsp3) is 0.917. The molecular formula is C12H24N2O2. The number of hydrogen-bond acceptors (Lipinski definition) is 4. The third-order valence-corrected chi connectivity index (χ3v) is 2.51. The second-order valence-corrected chi connectivity index (χ2v) is 5.59. The molecule has 1 atom stereocenters. The van der Waals surface area contributed by atoms with Crippen LogP contribution < -0.4 is 5.32 Å². The minimum Gasteiger partial charge on any atom is -0.393 e. The highest BCUT2D eigenvalue weighted by Crippen LogP contribution is 2.30. The lowest BCUT2D eigenvalue weighted by Crippen LogP contribution is -2.42. The molecule has 16 heavy (non-hydrogen) atoms. The molecule has 0 spiro atoms. The summed E-state index contributed by atoms with van der Waals surface area (Å²) < 4.78 is 0. The lowest BCUT2D eigenvalue weighted by Gasteiger charge is -2.22. The Balaban J connectivity index is 2.10. The van der Waals surface area contributed by atoms with Crippen LogP contribution in [0.2, 0.25) is 0 Å². The van der Waals surface area contributed by atoms with Gasteiger partial charge in [0.2, 0.25) is 0 Å². The summed E-state index contributed by atoms with van der Waals surface area (Å²) >= 11 is 0. The first-order valence-electron chi connectivity index (χ1n) is 5.98. The van der Waals surface area contributed by atoms with Crippen molar-refractivity contribution < 1.29 is 9.94 Å². The predicted octanol–water partition coefficient (Wildman–Crippen LogP) is 1.54. The normalized spacial score (nSPS) is 19.7. The van der Waals surface area contributed by atoms with Gasteiger partial charge in [0, 0.05) is 18.0 Å². The molecule has 1 aliphatic carbocycles. The van der Waals surface area contributed by atoms with Crippen molar-refractivity contribution >= 4 is 5.71 Å². The average Bonchev–Trinajstić information content (AvgIpc) is 2.96. The van der Waals surface area contributed by atoms with Gasteiger partial charge in [0.15, 0.2) is 0 Å². The highest BCUT2D eigenvalue weighted by atomic mass is 16.6. The quantitative estimate of drug-likeness (QED) is 0.535. The van der Waals surface area contributed by atoms with E-state index in [0.29, 0.717) is 12.5 Å². The molecule has 0 bridgehead atoms. The minimum absolute atomic E-state index is 0.0220. The van der Waals surface area contributed by atoms with Crippen LogP contribution in [0.1, 0.15) is 40.5 Å². The molecular weight excluding hydrogens is 204 g/mol. The summed E-state index contributed by atoms with van der Waals surface area (Å²) in [6, 6.07) is 0. The van der Waals surface area contributed by atoms with Gasteiger partial charge < -0.3 is 15.3 Å². The van der Waals surface area contributed by atoms with Crippen molar-refractivity contribution in [3.05, 3.63) is 0 Å². The molecule has 0 unspecified atom stereocenters. The first-order valence-corrected chi connectivity index (χ1v) is 5.98. The number of nitrogens with zero attached hydrogens (tertiary/aromatic N) is 1. The maximum absolute atomic E-state index is 9.62. The van der Waals surface area contributed by atoms with Crippen LogP contribution in [-0.2, 0) is 4.84 Å². The molecule has 1 rings (SSSR count). The van der Waals surface area contributed by atoms with Crippen molar-refractivity contribution in [2.45, 2.75) is 52.2 Å². The largest absolute Gasteiger partial charge is 0.393 e. The fourth-order valence-electron chi connectivity index (χ4n) is 1.28. The van der Waals surface area contributed by atoms with Gasteiger partial charge in [0.1, 0.15) is 12.7 Å². The van der Waals surface area contributed by atoms with E-state index in [1.165, 1.54) is 12.8 Å². The van der Waals surface area contributed by atoms with Crippen LogP contribution in [0.3, 0.4) is 0 Å². The van der Waals surface area contributed by atoms with E-state index < -0.39 is 6.10 Å². The Labute approximate surface area is 98.1 Å². The van der Waals surface area contributed by atoms with E-state index >= 15 is 0 Å². The Bertz CT molecular complexity index is 242. The van der Waals surface area contributed by atoms with Gasteiger partial charge in [0.05, 0.1) is 5.71 Å². The Kier molecular flexibility index (Phi) is 4.74. The van der Waals surface area contributed by atoms with Gasteiger partial charge in [0.25, 0.3) is 0 Å². The molecule has 1 aliphatic rings.